The van der Waals surface area contributed by atoms with Crippen LogP contribution in [0.3, 0.4) is 0 Å². The smallest absolute Gasteiger partial charge is 0.341 e. The van der Waals surface area contributed by atoms with Crippen LogP contribution in [0, 0.1) is 22.7 Å². The summed E-state index contributed by atoms with van der Waals surface area (Å²) in [5.41, 5.74) is 1.96. The topological polar surface area (TPSA) is 195 Å². The largest absolute Gasteiger partial charge is 0.456 e. The molecule has 3 aromatic carbocycles. The van der Waals surface area contributed by atoms with E-state index in [2.05, 4.69) is 5.32 Å². The molecule has 0 radical (unpaired) electrons. The van der Waals surface area contributed by atoms with Crippen molar-refractivity contribution >= 4 is 29.3 Å². The van der Waals surface area contributed by atoms with E-state index in [-0.39, 0.29) is 29.9 Å². The SMILES string of the molecule is CC1=C2C(OC(=O)c3ccccc3N)C(=O)[C@]3(C)CCC4OCC4(O)C3C(C)C(O)(CC1OC(=O)C(O)C(NC(=O)c1ccccc1)c1ccccc1)C2(C)C. The fourth-order valence-corrected chi connectivity index (χ4v) is 10.2. The predicted octanol–water partition coefficient (Wildman–Crippen LogP) is 4.48. The lowest BCUT2D eigenvalue weighted by Gasteiger charge is -2.66. The second-order valence-corrected chi connectivity index (χ2v) is 16.7. The number of nitrogen functional groups attached to an aromatic ring is 1. The Bertz CT molecular complexity index is 2070. The molecule has 0 spiro atoms. The normalized spacial score (nSPS) is 32.9. The van der Waals surface area contributed by atoms with Gasteiger partial charge in [-0.25, -0.2) is 9.59 Å². The molecule has 12 nitrogen and oxygen atoms in total. The fraction of sp³-hybridized carbons (Fsp3) is 0.455. The van der Waals surface area contributed by atoms with E-state index in [0.29, 0.717) is 29.5 Å². The van der Waals surface area contributed by atoms with Crippen LogP contribution in [-0.4, -0.2) is 81.2 Å². The number of esters is 2. The van der Waals surface area contributed by atoms with Gasteiger partial charge >= 0.3 is 11.9 Å². The van der Waals surface area contributed by atoms with Crippen LogP contribution in [0.1, 0.15) is 86.2 Å². The minimum absolute atomic E-state index is 0.0427. The van der Waals surface area contributed by atoms with Gasteiger partial charge < -0.3 is 40.6 Å². The van der Waals surface area contributed by atoms with Gasteiger partial charge in [-0.1, -0.05) is 88.4 Å². The Balaban J connectivity index is 1.31. The summed E-state index contributed by atoms with van der Waals surface area (Å²) in [6.45, 7) is 8.69. The Hall–Kier alpha value is -4.88. The van der Waals surface area contributed by atoms with E-state index in [1.54, 1.807) is 113 Å². The number of ketones is 1. The zero-order valence-electron chi connectivity index (χ0n) is 32.2. The van der Waals surface area contributed by atoms with Crippen molar-refractivity contribution in [3.63, 3.8) is 0 Å². The highest BCUT2D eigenvalue weighted by molar-refractivity contribution is 6.00. The van der Waals surface area contributed by atoms with Crippen LogP contribution in [0.5, 0.6) is 0 Å². The molecule has 1 saturated heterocycles. The molecular weight excluding hydrogens is 716 g/mol. The van der Waals surface area contributed by atoms with Crippen LogP contribution < -0.4 is 11.1 Å². The van der Waals surface area contributed by atoms with Crippen LogP contribution in [0.25, 0.3) is 0 Å². The summed E-state index contributed by atoms with van der Waals surface area (Å²) in [6.07, 6.45) is -4.73. The summed E-state index contributed by atoms with van der Waals surface area (Å²) >= 11 is 0. The third-order valence-corrected chi connectivity index (χ3v) is 13.4. The second kappa shape index (κ2) is 14.3. The molecule has 56 heavy (non-hydrogen) atoms. The number of fused-ring (bicyclic) bond motifs is 5. The Labute approximate surface area is 326 Å². The molecule has 3 aromatic rings. The lowest BCUT2D eigenvalue weighted by molar-refractivity contribution is -0.320. The molecule has 1 heterocycles. The minimum atomic E-state index is -1.90. The maximum absolute atomic E-state index is 15.2. The van der Waals surface area contributed by atoms with E-state index in [1.165, 1.54) is 6.07 Å². The Morgan fingerprint density at radius 1 is 0.929 bits per heavy atom. The number of carbonyl (C=O) groups is 4. The van der Waals surface area contributed by atoms with Crippen LogP contribution in [0.2, 0.25) is 0 Å². The number of hydrogen-bond acceptors (Lipinski definition) is 11. The van der Waals surface area contributed by atoms with Gasteiger partial charge in [-0.15, -0.1) is 0 Å². The van der Waals surface area contributed by atoms with Gasteiger partial charge in [0.2, 0.25) is 0 Å². The molecule has 2 saturated carbocycles. The third kappa shape index (κ3) is 6.14. The average Bonchev–Trinajstić information content (AvgIpc) is 3.17. The molecule has 10 atom stereocenters. The van der Waals surface area contributed by atoms with Gasteiger partial charge in [-0.05, 0) is 66.7 Å². The molecule has 9 unspecified atom stereocenters. The van der Waals surface area contributed by atoms with E-state index >= 15 is 4.79 Å². The minimum Gasteiger partial charge on any atom is -0.456 e. The molecule has 1 amide bonds. The first-order valence-electron chi connectivity index (χ1n) is 19.1. The first kappa shape index (κ1) is 39.4. The molecule has 0 aromatic heterocycles. The van der Waals surface area contributed by atoms with Crippen molar-refractivity contribution in [2.75, 3.05) is 12.3 Å². The number of rotatable bonds is 8. The maximum atomic E-state index is 15.2. The summed E-state index contributed by atoms with van der Waals surface area (Å²) in [4.78, 5) is 56.7. The number of aliphatic hydroxyl groups is 3. The lowest BCUT2D eigenvalue weighted by Crippen LogP contribution is -2.76. The summed E-state index contributed by atoms with van der Waals surface area (Å²) in [6, 6.07) is 22.0. The van der Waals surface area contributed by atoms with Gasteiger partial charge in [0, 0.05) is 34.4 Å². The van der Waals surface area contributed by atoms with E-state index in [4.69, 9.17) is 19.9 Å². The van der Waals surface area contributed by atoms with Crippen molar-refractivity contribution in [1.29, 1.82) is 0 Å². The van der Waals surface area contributed by atoms with Gasteiger partial charge in [0.1, 0.15) is 11.7 Å². The quantitative estimate of drug-likeness (QED) is 0.123. The van der Waals surface area contributed by atoms with Gasteiger partial charge in [0.15, 0.2) is 18.0 Å². The number of ether oxygens (including phenoxy) is 3. The number of hydrogen-bond donors (Lipinski definition) is 5. The van der Waals surface area contributed by atoms with E-state index in [1.807, 2.05) is 0 Å². The number of Topliss-reactive ketones (excluding diaryl/α,β-unsaturated/α-hetero) is 1. The zero-order valence-corrected chi connectivity index (χ0v) is 32.2. The van der Waals surface area contributed by atoms with Gasteiger partial charge in [-0.2, -0.15) is 0 Å². The number of benzene rings is 3. The fourth-order valence-electron chi connectivity index (χ4n) is 10.2. The molecule has 296 valence electrons. The maximum Gasteiger partial charge on any atom is 0.341 e. The van der Waals surface area contributed by atoms with Crippen molar-refractivity contribution in [3.05, 3.63) is 113 Å². The number of carbonyl (C=O) groups excluding carboxylic acids is 4. The third-order valence-electron chi connectivity index (χ3n) is 13.4. The molecule has 7 rings (SSSR count). The summed E-state index contributed by atoms with van der Waals surface area (Å²) in [5.74, 6) is -4.55. The summed E-state index contributed by atoms with van der Waals surface area (Å²) in [7, 11) is 0. The van der Waals surface area contributed by atoms with E-state index in [0.717, 1.165) is 0 Å². The monoisotopic (exact) mass is 766 g/mol. The van der Waals surface area contributed by atoms with Crippen molar-refractivity contribution in [3.8, 4) is 0 Å². The predicted molar refractivity (Wildman–Crippen MR) is 205 cm³/mol. The van der Waals surface area contributed by atoms with Crippen molar-refractivity contribution in [2.45, 2.75) is 95.5 Å². The van der Waals surface area contributed by atoms with Crippen molar-refractivity contribution in [1.82, 2.24) is 5.32 Å². The van der Waals surface area contributed by atoms with Crippen LogP contribution in [0.4, 0.5) is 5.69 Å². The first-order valence-corrected chi connectivity index (χ1v) is 19.1. The highest BCUT2D eigenvalue weighted by Crippen LogP contribution is 2.64. The van der Waals surface area contributed by atoms with Crippen LogP contribution in [-0.2, 0) is 23.8 Å². The average molecular weight is 767 g/mol. The van der Waals surface area contributed by atoms with Crippen LogP contribution >= 0.6 is 0 Å². The highest BCUT2D eigenvalue weighted by atomic mass is 16.6. The molecule has 3 aliphatic carbocycles. The zero-order chi connectivity index (χ0) is 40.4. The molecular formula is C44H50N2O10. The van der Waals surface area contributed by atoms with Gasteiger partial charge in [0.25, 0.3) is 5.91 Å². The summed E-state index contributed by atoms with van der Waals surface area (Å²) < 4.78 is 18.1. The highest BCUT2D eigenvalue weighted by Gasteiger charge is 2.72. The first-order chi connectivity index (χ1) is 26.5. The Kier molecular flexibility index (Phi) is 10.0. The molecule has 12 heteroatoms. The standard InChI is InChI=1S/C44H50N2O10/c1-24-30(55-40(51)34(47)33(26-14-8-6-9-15-26)46-38(49)27-16-10-7-11-17-27)22-44(53)25(2)36-42(5,21-20-31-43(36,52)23-54-31)37(48)35(32(24)41(44,3)4)56-39(50)28-18-12-13-19-29(28)45/h6-19,25,30-31,33-36,47,52-53H,20-23,45H2,1-5H3,(H,46,49)/t25?,30?,31?,33?,34?,35?,36?,42-,43?,44?/m1/s1. The molecule has 2 bridgehead atoms. The van der Waals surface area contributed by atoms with Gasteiger partial charge in [0.05, 0.1) is 29.9 Å². The molecule has 3 fully saturated rings. The molecule has 1 aliphatic heterocycles. The number of anilines is 1. The number of nitrogens with two attached hydrogens (primary N) is 1. The van der Waals surface area contributed by atoms with E-state index < -0.39 is 88.0 Å². The van der Waals surface area contributed by atoms with Crippen molar-refractivity contribution in [2.24, 2.45) is 22.7 Å². The summed E-state index contributed by atoms with van der Waals surface area (Å²) in [5, 5.41) is 39.9. The molecule has 4 aliphatic rings. The number of nitrogens with one attached hydrogen (secondary N) is 1. The van der Waals surface area contributed by atoms with Crippen molar-refractivity contribution < 1.29 is 48.7 Å². The Morgan fingerprint density at radius 2 is 1.55 bits per heavy atom. The lowest BCUT2D eigenvalue weighted by atomic mass is 9.43. The van der Waals surface area contributed by atoms with E-state index in [9.17, 15) is 29.7 Å². The van der Waals surface area contributed by atoms with Crippen LogP contribution in [0.15, 0.2) is 96.1 Å². The number of aliphatic hydroxyl groups excluding tert-OH is 1. The number of para-hydroxylation sites is 1. The van der Waals surface area contributed by atoms with Gasteiger partial charge in [-0.3, -0.25) is 9.59 Å². The molecule has 6 N–H and O–H groups in total. The second-order valence-electron chi connectivity index (χ2n) is 16.7. The Morgan fingerprint density at radius 3 is 2.18 bits per heavy atom. The number of amides is 1.